The lowest BCUT2D eigenvalue weighted by molar-refractivity contribution is -0.113. The fourth-order valence-corrected chi connectivity index (χ4v) is 3.26. The van der Waals surface area contributed by atoms with Crippen molar-refractivity contribution in [1.82, 2.24) is 20.4 Å². The van der Waals surface area contributed by atoms with Crippen LogP contribution in [0.3, 0.4) is 0 Å². The Morgan fingerprint density at radius 1 is 1.32 bits per heavy atom. The van der Waals surface area contributed by atoms with Crippen LogP contribution in [0.15, 0.2) is 31.6 Å². The number of carbonyl (C=O) groups excluding carboxylic acids is 1. The summed E-state index contributed by atoms with van der Waals surface area (Å²) >= 11 is 2.65. The molecule has 1 amide bonds. The van der Waals surface area contributed by atoms with E-state index in [9.17, 15) is 4.79 Å². The molecule has 2 N–H and O–H groups in total. The molecule has 0 unspecified atom stereocenters. The van der Waals surface area contributed by atoms with E-state index in [1.807, 2.05) is 26.0 Å². The van der Waals surface area contributed by atoms with Crippen molar-refractivity contribution < 1.29 is 13.6 Å². The van der Waals surface area contributed by atoms with Crippen molar-refractivity contribution in [3.63, 3.8) is 0 Å². The second kappa shape index (κ2) is 8.12. The van der Waals surface area contributed by atoms with Gasteiger partial charge in [-0.15, -0.1) is 15.3 Å². The molecule has 3 aromatic rings. The number of aromatic nitrogens is 4. The van der Waals surface area contributed by atoms with E-state index in [4.69, 9.17) is 8.83 Å². The van der Waals surface area contributed by atoms with Crippen molar-refractivity contribution >= 4 is 40.2 Å². The zero-order valence-corrected chi connectivity index (χ0v) is 15.2. The molecule has 0 saturated heterocycles. The number of hydrogen-bond donors (Lipinski definition) is 2. The molecule has 0 spiro atoms. The van der Waals surface area contributed by atoms with E-state index in [0.717, 1.165) is 5.76 Å². The number of furan rings is 1. The third kappa shape index (κ3) is 5.03. The highest BCUT2D eigenvalue weighted by Crippen LogP contribution is 2.26. The summed E-state index contributed by atoms with van der Waals surface area (Å²) in [5.41, 5.74) is 0. The van der Waals surface area contributed by atoms with Crippen LogP contribution in [-0.2, 0) is 11.3 Å². The average molecular weight is 380 g/mol. The van der Waals surface area contributed by atoms with Gasteiger partial charge in [-0.1, -0.05) is 42.0 Å². The van der Waals surface area contributed by atoms with Crippen LogP contribution in [-0.4, -0.2) is 32.1 Å². The minimum absolute atomic E-state index is 0.104. The highest BCUT2D eigenvalue weighted by atomic mass is 32.2. The SMILES string of the molecule is CC(C)c1nnc(NC(=O)CSc2nnc(NCc3ccco3)s2)o1. The summed E-state index contributed by atoms with van der Waals surface area (Å²) in [4.78, 5) is 11.9. The van der Waals surface area contributed by atoms with Gasteiger partial charge in [-0.3, -0.25) is 10.1 Å². The molecule has 11 heteroatoms. The van der Waals surface area contributed by atoms with E-state index in [-0.39, 0.29) is 23.6 Å². The van der Waals surface area contributed by atoms with Crippen LogP contribution in [0.25, 0.3) is 0 Å². The molecular weight excluding hydrogens is 364 g/mol. The Balaban J connectivity index is 1.44. The minimum Gasteiger partial charge on any atom is -0.467 e. The molecule has 0 aliphatic rings. The van der Waals surface area contributed by atoms with E-state index < -0.39 is 0 Å². The van der Waals surface area contributed by atoms with Crippen LogP contribution in [0.2, 0.25) is 0 Å². The number of amides is 1. The summed E-state index contributed by atoms with van der Waals surface area (Å²) in [7, 11) is 0. The zero-order chi connectivity index (χ0) is 17.6. The van der Waals surface area contributed by atoms with Gasteiger partial charge in [-0.25, -0.2) is 0 Å². The van der Waals surface area contributed by atoms with E-state index in [0.29, 0.717) is 21.9 Å². The van der Waals surface area contributed by atoms with Crippen molar-refractivity contribution in [3.05, 3.63) is 30.0 Å². The summed E-state index contributed by atoms with van der Waals surface area (Å²) in [5.74, 6) is 1.33. The van der Waals surface area contributed by atoms with E-state index >= 15 is 0 Å². The van der Waals surface area contributed by atoms with Crippen molar-refractivity contribution in [2.24, 2.45) is 0 Å². The Labute approximate surface area is 151 Å². The Morgan fingerprint density at radius 3 is 2.92 bits per heavy atom. The third-order valence-electron chi connectivity index (χ3n) is 2.91. The number of hydrogen-bond acceptors (Lipinski definition) is 10. The van der Waals surface area contributed by atoms with E-state index in [2.05, 4.69) is 31.0 Å². The summed E-state index contributed by atoms with van der Waals surface area (Å²) in [6, 6.07) is 3.80. The molecule has 3 aromatic heterocycles. The first-order chi connectivity index (χ1) is 12.1. The molecule has 132 valence electrons. The van der Waals surface area contributed by atoms with E-state index in [1.165, 1.54) is 23.1 Å². The van der Waals surface area contributed by atoms with Crippen LogP contribution < -0.4 is 10.6 Å². The maximum atomic E-state index is 11.9. The summed E-state index contributed by atoms with van der Waals surface area (Å²) < 4.78 is 11.2. The monoisotopic (exact) mass is 380 g/mol. The van der Waals surface area contributed by atoms with Gasteiger partial charge in [-0.2, -0.15) is 0 Å². The lowest BCUT2D eigenvalue weighted by Crippen LogP contribution is -2.14. The van der Waals surface area contributed by atoms with E-state index in [1.54, 1.807) is 6.26 Å². The Bertz CT molecular complexity index is 814. The van der Waals surface area contributed by atoms with Crippen molar-refractivity contribution in [2.75, 3.05) is 16.4 Å². The predicted octanol–water partition coefficient (Wildman–Crippen LogP) is 2.98. The first-order valence-corrected chi connectivity index (χ1v) is 9.26. The molecule has 0 bridgehead atoms. The maximum absolute atomic E-state index is 11.9. The average Bonchev–Trinajstić information content (AvgIpc) is 3.32. The Hall–Kier alpha value is -2.40. The van der Waals surface area contributed by atoms with Gasteiger partial charge in [0.15, 0.2) is 4.34 Å². The molecular formula is C14H16N6O3S2. The molecule has 0 saturated carbocycles. The fourth-order valence-electron chi connectivity index (χ4n) is 1.72. The fraction of sp³-hybridized carbons (Fsp3) is 0.357. The highest BCUT2D eigenvalue weighted by Gasteiger charge is 2.13. The van der Waals surface area contributed by atoms with Crippen molar-refractivity contribution in [1.29, 1.82) is 0 Å². The highest BCUT2D eigenvalue weighted by molar-refractivity contribution is 8.01. The largest absolute Gasteiger partial charge is 0.467 e. The van der Waals surface area contributed by atoms with Crippen LogP contribution in [0.5, 0.6) is 0 Å². The minimum atomic E-state index is -0.246. The van der Waals surface area contributed by atoms with Gasteiger partial charge in [0.1, 0.15) is 5.76 Å². The third-order valence-corrected chi connectivity index (χ3v) is 4.92. The number of rotatable bonds is 8. The number of anilines is 2. The summed E-state index contributed by atoms with van der Waals surface area (Å²) in [5, 5.41) is 22.0. The summed E-state index contributed by atoms with van der Waals surface area (Å²) in [6.45, 7) is 4.39. The van der Waals surface area contributed by atoms with Crippen molar-refractivity contribution in [2.45, 2.75) is 30.6 Å². The first kappa shape index (κ1) is 17.4. The van der Waals surface area contributed by atoms with Crippen LogP contribution in [0.1, 0.15) is 31.4 Å². The molecule has 0 aliphatic heterocycles. The van der Waals surface area contributed by atoms with Gasteiger partial charge in [0.05, 0.1) is 18.6 Å². The van der Waals surface area contributed by atoms with Crippen LogP contribution in [0.4, 0.5) is 11.1 Å². The molecule has 0 radical (unpaired) electrons. The predicted molar refractivity (Wildman–Crippen MR) is 93.7 cm³/mol. The number of carbonyl (C=O) groups is 1. The number of nitrogens with one attached hydrogen (secondary N) is 2. The smallest absolute Gasteiger partial charge is 0.322 e. The first-order valence-electron chi connectivity index (χ1n) is 7.46. The molecule has 0 fully saturated rings. The molecule has 25 heavy (non-hydrogen) atoms. The van der Waals surface area contributed by atoms with Gasteiger partial charge in [-0.05, 0) is 12.1 Å². The zero-order valence-electron chi connectivity index (χ0n) is 13.6. The normalized spacial score (nSPS) is 11.0. The molecule has 9 nitrogen and oxygen atoms in total. The number of thioether (sulfide) groups is 1. The van der Waals surface area contributed by atoms with Crippen molar-refractivity contribution in [3.8, 4) is 0 Å². The van der Waals surface area contributed by atoms with Gasteiger partial charge in [0.2, 0.25) is 16.9 Å². The Morgan fingerprint density at radius 2 is 2.20 bits per heavy atom. The summed E-state index contributed by atoms with van der Waals surface area (Å²) in [6.07, 6.45) is 1.62. The van der Waals surface area contributed by atoms with Crippen LogP contribution in [0, 0.1) is 0 Å². The lowest BCUT2D eigenvalue weighted by atomic mass is 10.2. The topological polar surface area (TPSA) is 119 Å². The van der Waals surface area contributed by atoms with Gasteiger partial charge >= 0.3 is 6.01 Å². The van der Waals surface area contributed by atoms with Gasteiger partial charge in [0.25, 0.3) is 0 Å². The molecule has 3 heterocycles. The second-order valence-electron chi connectivity index (χ2n) is 5.24. The molecule has 0 aliphatic carbocycles. The van der Waals surface area contributed by atoms with Crippen LogP contribution >= 0.6 is 23.1 Å². The quantitative estimate of drug-likeness (QED) is 0.568. The molecule has 3 rings (SSSR count). The van der Waals surface area contributed by atoms with Gasteiger partial charge in [0, 0.05) is 5.92 Å². The molecule has 0 atom stereocenters. The number of nitrogens with zero attached hydrogens (tertiary/aromatic N) is 4. The second-order valence-corrected chi connectivity index (χ2v) is 7.44. The lowest BCUT2D eigenvalue weighted by Gasteiger charge is -1.99. The Kier molecular flexibility index (Phi) is 5.66. The standard InChI is InChI=1S/C14H16N6O3S2/c1-8(2)11-17-18-12(23-11)16-10(21)7-24-14-20-19-13(25-14)15-6-9-4-3-5-22-9/h3-5,8H,6-7H2,1-2H3,(H,15,19)(H,16,18,21). The maximum Gasteiger partial charge on any atom is 0.322 e. The van der Waals surface area contributed by atoms with Gasteiger partial charge < -0.3 is 14.2 Å². The molecule has 0 aromatic carbocycles.